The van der Waals surface area contributed by atoms with E-state index < -0.39 is 0 Å². The van der Waals surface area contributed by atoms with Crippen LogP contribution in [0.4, 0.5) is 0 Å². The predicted octanol–water partition coefficient (Wildman–Crippen LogP) is 3.61. The Bertz CT molecular complexity index is 772. The van der Waals surface area contributed by atoms with Crippen LogP contribution in [0.25, 0.3) is 11.4 Å². The topological polar surface area (TPSA) is 68.5 Å². The second-order valence-electron chi connectivity index (χ2n) is 7.81. The smallest absolute Gasteiger partial charge is 0.249 e. The maximum absolute atomic E-state index is 13.1. The lowest BCUT2D eigenvalue weighted by Gasteiger charge is -2.37. The number of hydrogen-bond acceptors (Lipinski definition) is 5. The molecule has 1 aromatic carbocycles. The zero-order valence-corrected chi connectivity index (χ0v) is 15.4. The number of carbonyl (C=O) groups excluding carboxylic acids is 1. The molecule has 6 nitrogen and oxygen atoms in total. The minimum Gasteiger partial charge on any atom is -0.376 e. The van der Waals surface area contributed by atoms with Crippen LogP contribution in [0.5, 0.6) is 0 Å². The van der Waals surface area contributed by atoms with Crippen molar-refractivity contribution >= 4 is 5.91 Å². The maximum atomic E-state index is 13.1. The fourth-order valence-electron chi connectivity index (χ4n) is 4.04. The summed E-state index contributed by atoms with van der Waals surface area (Å²) in [4.78, 5) is 19.6. The number of likely N-dealkylation sites (tertiary alicyclic amines) is 1. The molecule has 2 aromatic rings. The molecule has 2 aliphatic rings. The molecule has 6 heteroatoms. The maximum Gasteiger partial charge on any atom is 0.249 e. The van der Waals surface area contributed by atoms with Gasteiger partial charge in [0, 0.05) is 24.6 Å². The number of carbonyl (C=O) groups is 1. The Hall–Kier alpha value is -2.21. The molecule has 0 aliphatic carbocycles. The average molecular weight is 355 g/mol. The molecular weight excluding hydrogens is 330 g/mol. The number of amides is 1. The van der Waals surface area contributed by atoms with Crippen LogP contribution in [-0.4, -0.2) is 39.7 Å². The van der Waals surface area contributed by atoms with Crippen molar-refractivity contribution in [3.63, 3.8) is 0 Å². The van der Waals surface area contributed by atoms with Gasteiger partial charge in [-0.3, -0.25) is 4.79 Å². The largest absolute Gasteiger partial charge is 0.376 e. The fourth-order valence-corrected chi connectivity index (χ4v) is 4.04. The molecule has 2 atom stereocenters. The van der Waals surface area contributed by atoms with Gasteiger partial charge in [0.15, 0.2) is 0 Å². The van der Waals surface area contributed by atoms with E-state index in [4.69, 9.17) is 9.26 Å². The second kappa shape index (κ2) is 6.83. The third-order valence-electron chi connectivity index (χ3n) is 5.34. The highest BCUT2D eigenvalue weighted by Gasteiger charge is 2.40. The summed E-state index contributed by atoms with van der Waals surface area (Å²) in [7, 11) is 0. The lowest BCUT2D eigenvalue weighted by atomic mass is 9.87. The third kappa shape index (κ3) is 3.38. The highest BCUT2D eigenvalue weighted by atomic mass is 16.5. The van der Waals surface area contributed by atoms with E-state index in [9.17, 15) is 4.79 Å². The summed E-state index contributed by atoms with van der Waals surface area (Å²) in [6, 6.07) is 9.65. The minimum atomic E-state index is -0.237. The molecule has 1 aromatic heterocycles. The third-order valence-corrected chi connectivity index (χ3v) is 5.34. The van der Waals surface area contributed by atoms with Crippen LogP contribution in [0.15, 0.2) is 34.9 Å². The number of benzene rings is 1. The van der Waals surface area contributed by atoms with Crippen LogP contribution in [0.2, 0.25) is 0 Å². The Kier molecular flexibility index (Phi) is 4.53. The highest BCUT2D eigenvalue weighted by Crippen LogP contribution is 2.36. The molecule has 0 bridgehead atoms. The molecule has 4 rings (SSSR count). The average Bonchev–Trinajstić information content (AvgIpc) is 3.30. The zero-order chi connectivity index (χ0) is 18.1. The lowest BCUT2D eigenvalue weighted by molar-refractivity contribution is -0.146. The van der Waals surface area contributed by atoms with Crippen molar-refractivity contribution < 1.29 is 14.1 Å². The van der Waals surface area contributed by atoms with Crippen molar-refractivity contribution in [3.8, 4) is 11.4 Å². The van der Waals surface area contributed by atoms with E-state index in [2.05, 4.69) is 24.0 Å². The van der Waals surface area contributed by atoms with E-state index >= 15 is 0 Å². The van der Waals surface area contributed by atoms with E-state index in [1.54, 1.807) is 0 Å². The number of hydrogen-bond donors (Lipinski definition) is 0. The normalized spacial score (nSPS) is 25.4. The number of rotatable bonds is 3. The van der Waals surface area contributed by atoms with E-state index in [-0.39, 0.29) is 23.5 Å². The number of aromatic nitrogens is 2. The molecule has 0 radical (unpaired) electrons. The van der Waals surface area contributed by atoms with Gasteiger partial charge in [-0.05, 0) is 39.5 Å². The first-order valence-corrected chi connectivity index (χ1v) is 9.37. The summed E-state index contributed by atoms with van der Waals surface area (Å²) in [5.74, 6) is 1.33. The highest BCUT2D eigenvalue weighted by molar-refractivity contribution is 5.79. The summed E-state index contributed by atoms with van der Waals surface area (Å²) < 4.78 is 11.3. The summed E-state index contributed by atoms with van der Waals surface area (Å²) in [5.41, 5.74) is 0.684. The summed E-state index contributed by atoms with van der Waals surface area (Å²) in [5, 5.41) is 4.12. The van der Waals surface area contributed by atoms with Gasteiger partial charge in [0.25, 0.3) is 0 Å². The van der Waals surface area contributed by atoms with Gasteiger partial charge in [0.2, 0.25) is 17.6 Å². The first-order chi connectivity index (χ1) is 12.5. The van der Waals surface area contributed by atoms with Gasteiger partial charge in [-0.15, -0.1) is 0 Å². The van der Waals surface area contributed by atoms with Gasteiger partial charge in [-0.25, -0.2) is 0 Å². The molecule has 3 heterocycles. The van der Waals surface area contributed by atoms with Crippen LogP contribution in [0.3, 0.4) is 0 Å². The Labute approximate surface area is 153 Å². The van der Waals surface area contributed by atoms with Crippen molar-refractivity contribution in [1.82, 2.24) is 15.0 Å². The molecule has 2 aliphatic heterocycles. The van der Waals surface area contributed by atoms with E-state index in [1.807, 2.05) is 35.2 Å². The molecule has 0 spiro atoms. The van der Waals surface area contributed by atoms with Gasteiger partial charge in [0.05, 0.1) is 5.60 Å². The van der Waals surface area contributed by atoms with Crippen LogP contribution in [0.1, 0.15) is 51.5 Å². The predicted molar refractivity (Wildman–Crippen MR) is 96.2 cm³/mol. The number of ether oxygens (including phenoxy) is 1. The molecule has 0 saturated carbocycles. The Morgan fingerprint density at radius 1 is 1.23 bits per heavy atom. The van der Waals surface area contributed by atoms with E-state index in [1.165, 1.54) is 0 Å². The van der Waals surface area contributed by atoms with Crippen molar-refractivity contribution in [2.75, 3.05) is 13.2 Å². The first kappa shape index (κ1) is 17.2. The Morgan fingerprint density at radius 2 is 2.04 bits per heavy atom. The van der Waals surface area contributed by atoms with Gasteiger partial charge in [0.1, 0.15) is 6.04 Å². The Morgan fingerprint density at radius 3 is 2.81 bits per heavy atom. The van der Waals surface area contributed by atoms with E-state index in [0.717, 1.165) is 37.8 Å². The minimum absolute atomic E-state index is 0.0101. The van der Waals surface area contributed by atoms with Crippen LogP contribution >= 0.6 is 0 Å². The molecule has 0 unspecified atom stereocenters. The van der Waals surface area contributed by atoms with E-state index in [0.29, 0.717) is 18.3 Å². The van der Waals surface area contributed by atoms with Crippen molar-refractivity contribution in [2.24, 2.45) is 5.92 Å². The first-order valence-electron chi connectivity index (χ1n) is 9.37. The molecule has 1 amide bonds. The van der Waals surface area contributed by atoms with Gasteiger partial charge >= 0.3 is 0 Å². The van der Waals surface area contributed by atoms with Crippen molar-refractivity contribution in [2.45, 2.75) is 51.2 Å². The van der Waals surface area contributed by atoms with Crippen LogP contribution in [-0.2, 0) is 9.53 Å². The van der Waals surface area contributed by atoms with Gasteiger partial charge in [-0.2, -0.15) is 4.98 Å². The molecule has 26 heavy (non-hydrogen) atoms. The standard InChI is InChI=1S/C20H25N3O3/c1-20(2)13-15(10-12-25-20)19(24)23-11-6-9-16(23)18-21-17(22-26-18)14-7-4-3-5-8-14/h3-5,7-8,15-16H,6,9-13H2,1-2H3/t15-,16-/m1/s1. The quantitative estimate of drug-likeness (QED) is 0.841. The number of nitrogens with zero attached hydrogens (tertiary/aromatic N) is 3. The zero-order valence-electron chi connectivity index (χ0n) is 15.4. The van der Waals surface area contributed by atoms with Crippen molar-refractivity contribution in [3.05, 3.63) is 36.2 Å². The van der Waals surface area contributed by atoms with Crippen molar-refractivity contribution in [1.29, 1.82) is 0 Å². The summed E-state index contributed by atoms with van der Waals surface area (Å²) >= 11 is 0. The SMILES string of the molecule is CC1(C)C[C@H](C(=O)N2CCC[C@@H]2c2nc(-c3ccccc3)no2)CCO1. The molecule has 138 valence electrons. The second-order valence-corrected chi connectivity index (χ2v) is 7.81. The van der Waals surface area contributed by atoms with Crippen LogP contribution in [0, 0.1) is 5.92 Å². The summed E-state index contributed by atoms with van der Waals surface area (Å²) in [6.07, 6.45) is 3.37. The fraction of sp³-hybridized carbons (Fsp3) is 0.550. The Balaban J connectivity index is 1.52. The molecular formula is C20H25N3O3. The molecule has 0 N–H and O–H groups in total. The molecule has 2 fully saturated rings. The summed E-state index contributed by atoms with van der Waals surface area (Å²) in [6.45, 7) is 5.50. The lowest BCUT2D eigenvalue weighted by Crippen LogP contribution is -2.43. The van der Waals surface area contributed by atoms with Gasteiger partial charge < -0.3 is 14.2 Å². The van der Waals surface area contributed by atoms with Crippen LogP contribution < -0.4 is 0 Å². The monoisotopic (exact) mass is 355 g/mol. The molecule has 2 saturated heterocycles. The van der Waals surface area contributed by atoms with Gasteiger partial charge in [-0.1, -0.05) is 35.5 Å².